The number of anilines is 1. The minimum Gasteiger partial charge on any atom is -0.293 e. The van der Waals surface area contributed by atoms with Crippen LogP contribution in [0, 0.1) is 16.7 Å². The predicted octanol–water partition coefficient (Wildman–Crippen LogP) is 6.95. The average molecular weight is 534 g/mol. The van der Waals surface area contributed by atoms with E-state index >= 15 is 0 Å². The van der Waals surface area contributed by atoms with Crippen LogP contribution in [0.2, 0.25) is 0 Å². The van der Waals surface area contributed by atoms with Crippen molar-refractivity contribution in [3.05, 3.63) is 137 Å². The highest BCUT2D eigenvalue weighted by Crippen LogP contribution is 2.63. The largest absolute Gasteiger partial charge is 0.293 e. The summed E-state index contributed by atoms with van der Waals surface area (Å²) < 4.78 is 0. The standard InChI is InChI=1S/C35H27N5O/c1-34(21-35(22-36)28-16-7-5-14-26(28)30(34)27-15-6-8-17-29(27)35)32(41)38-33-37-31(39-40-33)25-13-9-12-24(20-25)19-18-23-10-3-2-4-11-23/h2-20,30H,21H2,1H3,(H2,37,38,39,40,41)/t30?,34-,35?/m0/s1. The third-order valence-electron chi connectivity index (χ3n) is 8.58. The van der Waals surface area contributed by atoms with E-state index < -0.39 is 10.8 Å². The zero-order valence-electron chi connectivity index (χ0n) is 22.5. The van der Waals surface area contributed by atoms with Crippen molar-refractivity contribution in [2.24, 2.45) is 5.41 Å². The number of aromatic nitrogens is 3. The first kappa shape index (κ1) is 24.7. The molecular weight excluding hydrogens is 506 g/mol. The number of H-pyrrole nitrogens is 1. The molecule has 0 spiro atoms. The minimum absolute atomic E-state index is 0.184. The first-order chi connectivity index (χ1) is 20.0. The number of nitrogens with zero attached hydrogens (tertiary/aromatic N) is 3. The summed E-state index contributed by atoms with van der Waals surface area (Å²) in [5, 5.41) is 20.9. The smallest absolute Gasteiger partial charge is 0.249 e. The Labute approximate surface area is 238 Å². The molecule has 3 aliphatic rings. The Morgan fingerprint density at radius 1 is 0.902 bits per heavy atom. The fourth-order valence-corrected chi connectivity index (χ4v) is 6.73. The summed E-state index contributed by atoms with van der Waals surface area (Å²) in [6, 6.07) is 36.8. The molecule has 0 radical (unpaired) electrons. The van der Waals surface area contributed by atoms with Gasteiger partial charge in [-0.15, -0.1) is 5.10 Å². The Balaban J connectivity index is 1.18. The monoisotopic (exact) mass is 533 g/mol. The van der Waals surface area contributed by atoms with E-state index in [2.05, 4.69) is 63.0 Å². The Kier molecular flexibility index (Phi) is 5.69. The lowest BCUT2D eigenvalue weighted by molar-refractivity contribution is -0.127. The van der Waals surface area contributed by atoms with E-state index in [1.165, 1.54) is 0 Å². The van der Waals surface area contributed by atoms with Crippen LogP contribution in [0.3, 0.4) is 0 Å². The van der Waals surface area contributed by atoms with Crippen molar-refractivity contribution in [3.8, 4) is 17.5 Å². The third-order valence-corrected chi connectivity index (χ3v) is 8.58. The molecule has 6 heteroatoms. The number of rotatable bonds is 5. The van der Waals surface area contributed by atoms with Crippen molar-refractivity contribution in [2.45, 2.75) is 24.7 Å². The van der Waals surface area contributed by atoms with Crippen LogP contribution in [0.15, 0.2) is 103 Å². The first-order valence-corrected chi connectivity index (χ1v) is 13.7. The van der Waals surface area contributed by atoms with Crippen molar-refractivity contribution in [2.75, 3.05) is 5.32 Å². The summed E-state index contributed by atoms with van der Waals surface area (Å²) in [7, 11) is 0. The summed E-state index contributed by atoms with van der Waals surface area (Å²) in [5.74, 6) is 0.396. The molecule has 3 aliphatic carbocycles. The molecule has 1 amide bonds. The fourth-order valence-electron chi connectivity index (χ4n) is 6.73. The van der Waals surface area contributed by atoms with Crippen LogP contribution in [0.4, 0.5) is 5.95 Å². The number of nitrogens with one attached hydrogen (secondary N) is 2. The van der Waals surface area contributed by atoms with E-state index in [0.717, 1.165) is 38.9 Å². The number of hydrogen-bond donors (Lipinski definition) is 2. The van der Waals surface area contributed by atoms with Crippen molar-refractivity contribution in [3.63, 3.8) is 0 Å². The molecule has 2 bridgehead atoms. The van der Waals surface area contributed by atoms with Crippen LogP contribution in [0.25, 0.3) is 23.5 Å². The number of carbonyl (C=O) groups excluding carboxylic acids is 1. The second-order valence-electron chi connectivity index (χ2n) is 11.1. The average Bonchev–Trinajstić information content (AvgIpc) is 3.49. The van der Waals surface area contributed by atoms with E-state index in [1.54, 1.807) is 0 Å². The lowest BCUT2D eigenvalue weighted by Crippen LogP contribution is -2.53. The Hall–Kier alpha value is -5.28. The molecule has 1 aromatic heterocycles. The van der Waals surface area contributed by atoms with Gasteiger partial charge in [-0.25, -0.2) is 0 Å². The quantitative estimate of drug-likeness (QED) is 0.239. The highest BCUT2D eigenvalue weighted by molar-refractivity contribution is 5.96. The number of fused-ring (bicyclic) bond motifs is 1. The number of aromatic amines is 1. The van der Waals surface area contributed by atoms with Gasteiger partial charge in [-0.05, 0) is 52.8 Å². The molecule has 1 atom stereocenters. The summed E-state index contributed by atoms with van der Waals surface area (Å²) in [4.78, 5) is 18.7. The van der Waals surface area contributed by atoms with Gasteiger partial charge in [0.1, 0.15) is 5.41 Å². The van der Waals surface area contributed by atoms with Gasteiger partial charge < -0.3 is 0 Å². The summed E-state index contributed by atoms with van der Waals surface area (Å²) >= 11 is 0. The zero-order chi connectivity index (χ0) is 28.0. The number of amides is 1. The van der Waals surface area contributed by atoms with Gasteiger partial charge in [0, 0.05) is 11.5 Å². The molecule has 0 aliphatic heterocycles. The predicted molar refractivity (Wildman–Crippen MR) is 160 cm³/mol. The van der Waals surface area contributed by atoms with Crippen LogP contribution >= 0.6 is 0 Å². The summed E-state index contributed by atoms with van der Waals surface area (Å²) in [5.41, 5.74) is 5.31. The molecule has 5 aromatic rings. The third kappa shape index (κ3) is 3.89. The van der Waals surface area contributed by atoms with Gasteiger partial charge in [-0.3, -0.25) is 15.2 Å². The molecule has 41 heavy (non-hydrogen) atoms. The molecule has 0 unspecified atom stereocenters. The van der Waals surface area contributed by atoms with Crippen molar-refractivity contribution in [1.29, 1.82) is 5.26 Å². The molecule has 8 rings (SSSR count). The lowest BCUT2D eigenvalue weighted by atomic mass is 9.47. The van der Waals surface area contributed by atoms with Gasteiger partial charge in [0.15, 0.2) is 5.82 Å². The van der Waals surface area contributed by atoms with E-state index in [0.29, 0.717) is 12.2 Å². The summed E-state index contributed by atoms with van der Waals surface area (Å²) in [6.45, 7) is 1.96. The second-order valence-corrected chi connectivity index (χ2v) is 11.1. The highest BCUT2D eigenvalue weighted by atomic mass is 16.2. The van der Waals surface area contributed by atoms with E-state index in [9.17, 15) is 10.1 Å². The number of nitriles is 1. The van der Waals surface area contributed by atoms with Gasteiger partial charge in [-0.1, -0.05) is 109 Å². The lowest BCUT2D eigenvalue weighted by Gasteiger charge is -2.54. The second kappa shape index (κ2) is 9.42. The molecule has 1 heterocycles. The van der Waals surface area contributed by atoms with Gasteiger partial charge in [0.25, 0.3) is 0 Å². The van der Waals surface area contributed by atoms with Gasteiger partial charge in [0.05, 0.1) is 11.5 Å². The van der Waals surface area contributed by atoms with Gasteiger partial charge in [-0.2, -0.15) is 10.2 Å². The van der Waals surface area contributed by atoms with E-state index in [1.807, 2.05) is 85.8 Å². The highest BCUT2D eigenvalue weighted by Gasteiger charge is 2.61. The normalized spacial score (nSPS) is 22.1. The van der Waals surface area contributed by atoms with Crippen LogP contribution in [0.5, 0.6) is 0 Å². The van der Waals surface area contributed by atoms with Crippen LogP contribution in [0.1, 0.15) is 52.6 Å². The first-order valence-electron chi connectivity index (χ1n) is 13.7. The number of hydrogen-bond acceptors (Lipinski definition) is 4. The van der Waals surface area contributed by atoms with Gasteiger partial charge in [0.2, 0.25) is 11.9 Å². The molecule has 6 nitrogen and oxygen atoms in total. The molecule has 4 aromatic carbocycles. The summed E-state index contributed by atoms with van der Waals surface area (Å²) in [6.07, 6.45) is 4.50. The fraction of sp³-hybridized carbons (Fsp3) is 0.143. The number of benzene rings is 4. The SMILES string of the molecule is C[C@]1(C(=O)Nc2n[nH]c(-c3cccc(C=Cc4ccccc4)c3)n2)CC2(C#N)c3ccccc3C1c1ccccc12. The maximum absolute atomic E-state index is 14.1. The van der Waals surface area contributed by atoms with E-state index in [4.69, 9.17) is 0 Å². The maximum atomic E-state index is 14.1. The van der Waals surface area contributed by atoms with Crippen LogP contribution < -0.4 is 5.32 Å². The Morgan fingerprint density at radius 2 is 1.54 bits per heavy atom. The Morgan fingerprint density at radius 3 is 2.24 bits per heavy atom. The topological polar surface area (TPSA) is 94.5 Å². The minimum atomic E-state index is -0.897. The Bertz CT molecular complexity index is 1820. The maximum Gasteiger partial charge on any atom is 0.249 e. The zero-order valence-corrected chi connectivity index (χ0v) is 22.5. The van der Waals surface area contributed by atoms with Crippen molar-refractivity contribution >= 4 is 24.0 Å². The molecule has 0 fully saturated rings. The van der Waals surface area contributed by atoms with Crippen molar-refractivity contribution in [1.82, 2.24) is 15.2 Å². The molecule has 198 valence electrons. The number of carbonyl (C=O) groups is 1. The molecular formula is C35H27N5O. The molecule has 2 N–H and O–H groups in total. The van der Waals surface area contributed by atoms with Gasteiger partial charge >= 0.3 is 0 Å². The van der Waals surface area contributed by atoms with Crippen molar-refractivity contribution < 1.29 is 4.79 Å². The molecule has 0 saturated carbocycles. The van der Waals surface area contributed by atoms with E-state index in [-0.39, 0.29) is 17.8 Å². The van der Waals surface area contributed by atoms with Crippen LogP contribution in [-0.4, -0.2) is 21.1 Å². The van der Waals surface area contributed by atoms with Crippen LogP contribution in [-0.2, 0) is 10.2 Å². The molecule has 0 saturated heterocycles.